The zero-order valence-corrected chi connectivity index (χ0v) is 13.4. The Morgan fingerprint density at radius 2 is 2.15 bits per heavy atom. The van der Waals surface area contributed by atoms with Crippen LogP contribution in [0.25, 0.3) is 0 Å². The van der Waals surface area contributed by atoms with E-state index >= 15 is 0 Å². The second-order valence-electron chi connectivity index (χ2n) is 5.89. The van der Waals surface area contributed by atoms with Crippen molar-refractivity contribution in [1.82, 2.24) is 14.5 Å². The van der Waals surface area contributed by atoms with E-state index in [9.17, 15) is 4.79 Å². The lowest BCUT2D eigenvalue weighted by Crippen LogP contribution is -2.19. The first-order valence-electron chi connectivity index (χ1n) is 6.46. The van der Waals surface area contributed by atoms with Gasteiger partial charge in [0, 0.05) is 31.9 Å². The van der Waals surface area contributed by atoms with E-state index in [1.807, 2.05) is 29.8 Å². The average molecular weight is 292 g/mol. The van der Waals surface area contributed by atoms with Crippen LogP contribution in [0.15, 0.2) is 12.4 Å². The van der Waals surface area contributed by atoms with E-state index in [1.165, 1.54) is 11.3 Å². The molecule has 2 aromatic rings. The van der Waals surface area contributed by atoms with Gasteiger partial charge in [0.2, 0.25) is 0 Å². The summed E-state index contributed by atoms with van der Waals surface area (Å²) in [5, 5.41) is 0.847. The number of aromatic nitrogens is 3. The molecule has 0 amide bonds. The molecule has 0 spiro atoms. The van der Waals surface area contributed by atoms with Crippen LogP contribution in [-0.4, -0.2) is 27.9 Å². The van der Waals surface area contributed by atoms with E-state index in [0.29, 0.717) is 11.4 Å². The Morgan fingerprint density at radius 1 is 1.45 bits per heavy atom. The summed E-state index contributed by atoms with van der Waals surface area (Å²) in [5.41, 5.74) is 0.730. The molecule has 0 saturated heterocycles. The molecular weight excluding hydrogens is 272 g/mol. The van der Waals surface area contributed by atoms with Gasteiger partial charge in [0.25, 0.3) is 0 Å². The fraction of sp³-hybridized carbons (Fsp3) is 0.500. The van der Waals surface area contributed by atoms with Crippen molar-refractivity contribution >= 4 is 22.8 Å². The molecule has 0 atom stereocenters. The summed E-state index contributed by atoms with van der Waals surface area (Å²) < 4.78 is 1.98. The minimum atomic E-state index is -0.130. The van der Waals surface area contributed by atoms with Crippen LogP contribution in [0.4, 0.5) is 5.13 Å². The lowest BCUT2D eigenvalue weighted by atomic mass is 9.91. The molecule has 0 bridgehead atoms. The van der Waals surface area contributed by atoms with Crippen LogP contribution in [0.2, 0.25) is 0 Å². The molecule has 0 radical (unpaired) electrons. The molecule has 6 heteroatoms. The number of carbonyl (C=O) groups excluding carboxylic acids is 1. The van der Waals surface area contributed by atoms with Crippen molar-refractivity contribution in [3.05, 3.63) is 28.8 Å². The summed E-state index contributed by atoms with van der Waals surface area (Å²) in [6, 6.07) is 0. The maximum absolute atomic E-state index is 11.2. The fourth-order valence-corrected chi connectivity index (χ4v) is 2.98. The lowest BCUT2D eigenvalue weighted by Gasteiger charge is -2.17. The molecule has 0 unspecified atom stereocenters. The lowest BCUT2D eigenvalue weighted by molar-refractivity contribution is 0.112. The highest BCUT2D eigenvalue weighted by atomic mass is 32.1. The van der Waals surface area contributed by atoms with Gasteiger partial charge in [-0.25, -0.2) is 9.97 Å². The largest absolute Gasteiger partial charge is 0.344 e. The molecule has 0 aromatic carbocycles. The number of aryl methyl sites for hydroxylation is 1. The molecule has 108 valence electrons. The number of hydrogen-bond donors (Lipinski definition) is 0. The van der Waals surface area contributed by atoms with E-state index in [0.717, 1.165) is 22.9 Å². The van der Waals surface area contributed by atoms with E-state index in [1.54, 1.807) is 6.20 Å². The van der Waals surface area contributed by atoms with E-state index < -0.39 is 0 Å². The molecular formula is C14H20N4OS. The smallest absolute Gasteiger partial charge is 0.186 e. The zero-order valence-electron chi connectivity index (χ0n) is 12.5. The number of nitrogens with zero attached hydrogens (tertiary/aromatic N) is 4. The van der Waals surface area contributed by atoms with Crippen molar-refractivity contribution in [1.29, 1.82) is 0 Å². The van der Waals surface area contributed by atoms with Gasteiger partial charge in [-0.2, -0.15) is 0 Å². The molecule has 20 heavy (non-hydrogen) atoms. The summed E-state index contributed by atoms with van der Waals surface area (Å²) >= 11 is 1.43. The van der Waals surface area contributed by atoms with Crippen molar-refractivity contribution in [3.63, 3.8) is 0 Å². The third-order valence-corrected chi connectivity index (χ3v) is 4.18. The topological polar surface area (TPSA) is 51.0 Å². The monoisotopic (exact) mass is 292 g/mol. The maximum atomic E-state index is 11.2. The number of thiazole rings is 1. The number of hydrogen-bond acceptors (Lipinski definition) is 5. The molecule has 2 heterocycles. The molecule has 2 rings (SSSR count). The Bertz CT molecular complexity index is 609. The normalized spacial score (nSPS) is 11.7. The van der Waals surface area contributed by atoms with Gasteiger partial charge in [-0.15, -0.1) is 0 Å². The summed E-state index contributed by atoms with van der Waals surface area (Å²) in [4.78, 5) is 22.9. The first-order valence-corrected chi connectivity index (χ1v) is 7.28. The number of anilines is 1. The molecule has 2 aromatic heterocycles. The molecule has 0 aliphatic carbocycles. The molecule has 0 saturated carbocycles. The van der Waals surface area contributed by atoms with Gasteiger partial charge in [-0.05, 0) is 0 Å². The maximum Gasteiger partial charge on any atom is 0.186 e. The fourth-order valence-electron chi connectivity index (χ4n) is 1.93. The van der Waals surface area contributed by atoms with Gasteiger partial charge in [-0.1, -0.05) is 32.1 Å². The van der Waals surface area contributed by atoms with Gasteiger partial charge in [0.15, 0.2) is 11.4 Å². The van der Waals surface area contributed by atoms with Crippen molar-refractivity contribution in [2.75, 3.05) is 11.9 Å². The zero-order chi connectivity index (χ0) is 14.9. The van der Waals surface area contributed by atoms with Gasteiger partial charge in [0.1, 0.15) is 5.82 Å². The van der Waals surface area contributed by atoms with Crippen LogP contribution in [0, 0.1) is 0 Å². The molecule has 5 nitrogen and oxygen atoms in total. The minimum Gasteiger partial charge on any atom is -0.344 e. The molecule has 0 aliphatic heterocycles. The van der Waals surface area contributed by atoms with Crippen molar-refractivity contribution in [3.8, 4) is 0 Å². The van der Waals surface area contributed by atoms with Crippen LogP contribution in [0.3, 0.4) is 0 Å². The van der Waals surface area contributed by atoms with Gasteiger partial charge in [0.05, 0.1) is 17.1 Å². The first kappa shape index (κ1) is 14.7. The minimum absolute atomic E-state index is 0.130. The SMILES string of the molecule is CN(Cc1nccn1C)c1nc(C(C)(C)C)c(C=O)s1. The third-order valence-electron chi connectivity index (χ3n) is 3.09. The number of carbonyl (C=O) groups is 1. The van der Waals surface area contributed by atoms with Gasteiger partial charge in [-0.3, -0.25) is 4.79 Å². The summed E-state index contributed by atoms with van der Waals surface area (Å²) in [7, 11) is 3.93. The highest BCUT2D eigenvalue weighted by molar-refractivity contribution is 7.17. The van der Waals surface area contributed by atoms with E-state index in [2.05, 4.69) is 30.7 Å². The molecule has 0 N–H and O–H groups in total. The highest BCUT2D eigenvalue weighted by Crippen LogP contribution is 2.32. The molecule has 0 fully saturated rings. The Morgan fingerprint density at radius 3 is 2.60 bits per heavy atom. The first-order chi connectivity index (χ1) is 9.32. The quantitative estimate of drug-likeness (QED) is 0.813. The van der Waals surface area contributed by atoms with Crippen LogP contribution in [-0.2, 0) is 19.0 Å². The second kappa shape index (κ2) is 5.36. The standard InChI is InChI=1S/C14H20N4OS/c1-14(2,3)12-10(9-19)20-13(16-12)18(5)8-11-15-6-7-17(11)4/h6-7,9H,8H2,1-5H3. The predicted molar refractivity (Wildman–Crippen MR) is 81.5 cm³/mol. The highest BCUT2D eigenvalue weighted by Gasteiger charge is 2.24. The summed E-state index contributed by atoms with van der Waals surface area (Å²) in [6.45, 7) is 6.87. The van der Waals surface area contributed by atoms with Crippen LogP contribution in [0.5, 0.6) is 0 Å². The van der Waals surface area contributed by atoms with Crippen LogP contribution >= 0.6 is 11.3 Å². The summed E-state index contributed by atoms with van der Waals surface area (Å²) in [6.07, 6.45) is 4.60. The third kappa shape index (κ3) is 2.90. The second-order valence-corrected chi connectivity index (χ2v) is 6.90. The summed E-state index contributed by atoms with van der Waals surface area (Å²) in [5.74, 6) is 0.965. The number of imidazole rings is 1. The number of aldehydes is 1. The Kier molecular flexibility index (Phi) is 3.94. The molecule has 0 aliphatic rings. The van der Waals surface area contributed by atoms with Crippen molar-refractivity contribution < 1.29 is 4.79 Å². The van der Waals surface area contributed by atoms with Gasteiger partial charge >= 0.3 is 0 Å². The van der Waals surface area contributed by atoms with Crippen LogP contribution < -0.4 is 4.90 Å². The Hall–Kier alpha value is -1.69. The van der Waals surface area contributed by atoms with E-state index in [4.69, 9.17) is 0 Å². The van der Waals surface area contributed by atoms with Crippen molar-refractivity contribution in [2.45, 2.75) is 32.7 Å². The van der Waals surface area contributed by atoms with E-state index in [-0.39, 0.29) is 5.41 Å². The van der Waals surface area contributed by atoms with Gasteiger partial charge < -0.3 is 9.47 Å². The van der Waals surface area contributed by atoms with Crippen molar-refractivity contribution in [2.24, 2.45) is 7.05 Å². The Balaban J connectivity index is 2.27. The Labute approximate surface area is 123 Å². The number of rotatable bonds is 4. The van der Waals surface area contributed by atoms with Crippen LogP contribution in [0.1, 0.15) is 42.0 Å². The predicted octanol–water partition coefficient (Wildman–Crippen LogP) is 2.62. The average Bonchev–Trinajstić information content (AvgIpc) is 2.95.